The van der Waals surface area contributed by atoms with Crippen molar-refractivity contribution in [3.8, 4) is 17.1 Å². The fraction of sp³-hybridized carbons (Fsp3) is 0.412. The Balaban J connectivity index is 1.79. The lowest BCUT2D eigenvalue weighted by Gasteiger charge is -2.20. The molecule has 2 aliphatic rings. The van der Waals surface area contributed by atoms with Crippen LogP contribution in [0.4, 0.5) is 0 Å². The Bertz CT molecular complexity index is 662. The summed E-state index contributed by atoms with van der Waals surface area (Å²) < 4.78 is 5.22. The molecule has 0 amide bonds. The van der Waals surface area contributed by atoms with Crippen LogP contribution in [-0.4, -0.2) is 23.6 Å². The minimum absolute atomic E-state index is 0.652. The Morgan fingerprint density at radius 3 is 2.67 bits per heavy atom. The fourth-order valence-corrected chi connectivity index (χ4v) is 2.93. The van der Waals surface area contributed by atoms with Crippen LogP contribution in [0.5, 0.6) is 5.75 Å². The van der Waals surface area contributed by atoms with E-state index in [9.17, 15) is 0 Å². The van der Waals surface area contributed by atoms with Crippen molar-refractivity contribution in [2.24, 2.45) is 0 Å². The highest BCUT2D eigenvalue weighted by atomic mass is 16.5. The van der Waals surface area contributed by atoms with Gasteiger partial charge in [-0.2, -0.15) is 0 Å². The Labute approximate surface area is 124 Å². The number of ether oxygens (including phenoxy) is 1. The van der Waals surface area contributed by atoms with Gasteiger partial charge in [-0.15, -0.1) is 0 Å². The maximum absolute atomic E-state index is 5.22. The summed E-state index contributed by atoms with van der Waals surface area (Å²) in [5, 5.41) is 3.44. The zero-order chi connectivity index (χ0) is 14.2. The maximum Gasteiger partial charge on any atom is 0.159 e. The van der Waals surface area contributed by atoms with Gasteiger partial charge < -0.3 is 10.1 Å². The highest BCUT2D eigenvalue weighted by molar-refractivity contribution is 5.57. The van der Waals surface area contributed by atoms with Crippen molar-refractivity contribution in [3.05, 3.63) is 41.2 Å². The molecule has 1 saturated carbocycles. The van der Waals surface area contributed by atoms with Gasteiger partial charge >= 0.3 is 0 Å². The van der Waals surface area contributed by atoms with Crippen LogP contribution in [-0.2, 0) is 13.0 Å². The van der Waals surface area contributed by atoms with Crippen molar-refractivity contribution in [3.63, 3.8) is 0 Å². The number of hydrogen-bond donors (Lipinski definition) is 1. The second-order valence-electron chi connectivity index (χ2n) is 5.79. The molecule has 1 aliphatic heterocycles. The van der Waals surface area contributed by atoms with Gasteiger partial charge in [0.05, 0.1) is 18.5 Å². The summed E-state index contributed by atoms with van der Waals surface area (Å²) in [5.74, 6) is 2.38. The molecule has 1 N–H and O–H groups in total. The van der Waals surface area contributed by atoms with Crippen LogP contribution in [0.2, 0.25) is 0 Å². The van der Waals surface area contributed by atoms with Crippen LogP contribution in [0.1, 0.15) is 35.7 Å². The van der Waals surface area contributed by atoms with E-state index in [4.69, 9.17) is 14.7 Å². The van der Waals surface area contributed by atoms with E-state index in [0.717, 1.165) is 36.6 Å². The second kappa shape index (κ2) is 5.11. The van der Waals surface area contributed by atoms with E-state index >= 15 is 0 Å². The summed E-state index contributed by atoms with van der Waals surface area (Å²) in [6.45, 7) is 1.93. The number of nitrogens with one attached hydrogen (secondary N) is 1. The molecule has 0 unspecified atom stereocenters. The Kier molecular flexibility index (Phi) is 3.11. The quantitative estimate of drug-likeness (QED) is 0.939. The molecular formula is C17H19N3O. The molecule has 4 heteroatoms. The highest BCUT2D eigenvalue weighted by Gasteiger charge is 2.30. The van der Waals surface area contributed by atoms with E-state index in [1.54, 1.807) is 7.11 Å². The minimum atomic E-state index is 0.652. The van der Waals surface area contributed by atoms with Gasteiger partial charge in [0.1, 0.15) is 5.75 Å². The van der Waals surface area contributed by atoms with Crippen molar-refractivity contribution in [2.45, 2.75) is 31.7 Å². The third-order valence-corrected chi connectivity index (χ3v) is 4.28. The first-order valence-corrected chi connectivity index (χ1v) is 7.60. The number of rotatable bonds is 3. The molecular weight excluding hydrogens is 262 g/mol. The molecule has 1 aromatic heterocycles. The van der Waals surface area contributed by atoms with Gasteiger partial charge in [-0.25, -0.2) is 9.97 Å². The smallest absolute Gasteiger partial charge is 0.159 e. The van der Waals surface area contributed by atoms with E-state index in [-0.39, 0.29) is 0 Å². The zero-order valence-electron chi connectivity index (χ0n) is 12.2. The number of fused-ring (bicyclic) bond motifs is 1. The number of nitrogens with zero attached hydrogens (tertiary/aromatic N) is 2. The SMILES string of the molecule is COc1ccc(-c2nc3c(c(C4CC4)n2)CNCC3)cc1. The van der Waals surface area contributed by atoms with Gasteiger partial charge in [-0.3, -0.25) is 0 Å². The van der Waals surface area contributed by atoms with E-state index in [1.165, 1.54) is 29.8 Å². The van der Waals surface area contributed by atoms with Crippen molar-refractivity contribution in [2.75, 3.05) is 13.7 Å². The lowest BCUT2D eigenvalue weighted by atomic mass is 10.0. The van der Waals surface area contributed by atoms with E-state index in [1.807, 2.05) is 24.3 Å². The molecule has 21 heavy (non-hydrogen) atoms. The van der Waals surface area contributed by atoms with Crippen molar-refractivity contribution < 1.29 is 4.74 Å². The Hall–Kier alpha value is -1.94. The largest absolute Gasteiger partial charge is 0.497 e. The monoisotopic (exact) mass is 281 g/mol. The molecule has 2 heterocycles. The summed E-state index contributed by atoms with van der Waals surface area (Å²) in [6.07, 6.45) is 3.54. The van der Waals surface area contributed by atoms with Crippen molar-refractivity contribution in [1.82, 2.24) is 15.3 Å². The molecule has 1 aliphatic carbocycles. The first kappa shape index (κ1) is 12.8. The predicted octanol–water partition coefficient (Wildman–Crippen LogP) is 2.68. The van der Waals surface area contributed by atoms with Gasteiger partial charge in [-0.05, 0) is 37.1 Å². The van der Waals surface area contributed by atoms with E-state index < -0.39 is 0 Å². The summed E-state index contributed by atoms with van der Waals surface area (Å²) in [4.78, 5) is 9.70. The van der Waals surface area contributed by atoms with Gasteiger partial charge in [0.25, 0.3) is 0 Å². The minimum Gasteiger partial charge on any atom is -0.497 e. The molecule has 0 bridgehead atoms. The molecule has 0 radical (unpaired) electrons. The van der Waals surface area contributed by atoms with Crippen LogP contribution in [0.15, 0.2) is 24.3 Å². The molecule has 1 aromatic carbocycles. The molecule has 4 nitrogen and oxygen atoms in total. The third kappa shape index (κ3) is 2.40. The van der Waals surface area contributed by atoms with Gasteiger partial charge in [0.2, 0.25) is 0 Å². The normalized spacial score (nSPS) is 17.4. The number of hydrogen-bond acceptors (Lipinski definition) is 4. The molecule has 0 spiro atoms. The average Bonchev–Trinajstić information content (AvgIpc) is 3.39. The first-order chi connectivity index (χ1) is 10.3. The summed E-state index contributed by atoms with van der Waals surface area (Å²) in [7, 11) is 1.68. The Morgan fingerprint density at radius 1 is 1.14 bits per heavy atom. The zero-order valence-corrected chi connectivity index (χ0v) is 12.2. The molecule has 2 aromatic rings. The lowest BCUT2D eigenvalue weighted by Crippen LogP contribution is -2.26. The molecule has 0 saturated heterocycles. The highest BCUT2D eigenvalue weighted by Crippen LogP contribution is 2.42. The van der Waals surface area contributed by atoms with E-state index in [2.05, 4.69) is 5.32 Å². The standard InChI is InChI=1S/C17H19N3O/c1-21-13-6-4-12(5-7-13)17-19-15-8-9-18-10-14(15)16(20-17)11-2-3-11/h4-7,11,18H,2-3,8-10H2,1H3. The summed E-state index contributed by atoms with van der Waals surface area (Å²) in [5.41, 5.74) is 4.93. The topological polar surface area (TPSA) is 47.0 Å². The number of benzene rings is 1. The molecule has 0 atom stereocenters. The molecule has 108 valence electrons. The number of aromatic nitrogens is 2. The van der Waals surface area contributed by atoms with Crippen LogP contribution in [0.25, 0.3) is 11.4 Å². The molecule has 1 fully saturated rings. The predicted molar refractivity (Wildman–Crippen MR) is 81.4 cm³/mol. The first-order valence-electron chi connectivity index (χ1n) is 7.60. The van der Waals surface area contributed by atoms with Gasteiger partial charge in [0.15, 0.2) is 5.82 Å². The fourth-order valence-electron chi connectivity index (χ4n) is 2.93. The van der Waals surface area contributed by atoms with Gasteiger partial charge in [0, 0.05) is 36.6 Å². The van der Waals surface area contributed by atoms with Crippen molar-refractivity contribution >= 4 is 0 Å². The summed E-state index contributed by atoms with van der Waals surface area (Å²) in [6, 6.07) is 8.02. The van der Waals surface area contributed by atoms with Crippen molar-refractivity contribution in [1.29, 1.82) is 0 Å². The second-order valence-corrected chi connectivity index (χ2v) is 5.79. The van der Waals surface area contributed by atoms with Crippen LogP contribution in [0.3, 0.4) is 0 Å². The van der Waals surface area contributed by atoms with Crippen LogP contribution < -0.4 is 10.1 Å². The number of methoxy groups -OCH3 is 1. The summed E-state index contributed by atoms with van der Waals surface area (Å²) >= 11 is 0. The maximum atomic E-state index is 5.22. The Morgan fingerprint density at radius 2 is 1.95 bits per heavy atom. The third-order valence-electron chi connectivity index (χ3n) is 4.28. The molecule has 4 rings (SSSR count). The van der Waals surface area contributed by atoms with Crippen LogP contribution >= 0.6 is 0 Å². The lowest BCUT2D eigenvalue weighted by molar-refractivity contribution is 0.415. The average molecular weight is 281 g/mol. The van der Waals surface area contributed by atoms with E-state index in [0.29, 0.717) is 5.92 Å². The van der Waals surface area contributed by atoms with Gasteiger partial charge in [-0.1, -0.05) is 0 Å². The van der Waals surface area contributed by atoms with Crippen LogP contribution in [0, 0.1) is 0 Å².